The second-order valence-corrected chi connectivity index (χ2v) is 19.2. The number of aliphatic hydroxyl groups is 1. The van der Waals surface area contributed by atoms with E-state index in [0.717, 1.165) is 4.90 Å². The first-order valence-corrected chi connectivity index (χ1v) is 23.7. The van der Waals surface area contributed by atoms with Gasteiger partial charge in [0.05, 0.1) is 61.2 Å². The molecule has 4 heterocycles. The number of hydrogen-bond donors (Lipinski definition) is 7. The minimum absolute atomic E-state index is 0.0155. The predicted octanol–water partition coefficient (Wildman–Crippen LogP) is 0.700. The minimum Gasteiger partial charge on any atom is -0.480 e. The van der Waals surface area contributed by atoms with E-state index in [2.05, 4.69) is 21.3 Å². The Morgan fingerprint density at radius 3 is 2.36 bits per heavy atom. The van der Waals surface area contributed by atoms with Gasteiger partial charge in [-0.05, 0) is 75.3 Å². The maximum absolute atomic E-state index is 15.5. The van der Waals surface area contributed by atoms with Crippen LogP contribution < -0.4 is 32.6 Å². The lowest BCUT2D eigenvalue weighted by molar-refractivity contribution is -0.172. The van der Waals surface area contributed by atoms with Gasteiger partial charge in [-0.25, -0.2) is 19.0 Å². The van der Waals surface area contributed by atoms with Gasteiger partial charge in [0.25, 0.3) is 5.56 Å². The summed E-state index contributed by atoms with van der Waals surface area (Å²) in [6, 6.07) is 9.30. The van der Waals surface area contributed by atoms with Crippen LogP contribution in [0.4, 0.5) is 9.18 Å². The number of carbonyl (C=O) groups is 8. The molecular weight excluding hydrogens is 954 g/mol. The number of esters is 1. The third-order valence-electron chi connectivity index (χ3n) is 12.9. The molecule has 23 heteroatoms. The second-order valence-electron chi connectivity index (χ2n) is 19.2. The molecule has 73 heavy (non-hydrogen) atoms. The molecule has 6 amide bonds. The number of ether oxygens (including phenoxy) is 2. The van der Waals surface area contributed by atoms with Crippen LogP contribution in [-0.4, -0.2) is 135 Å². The zero-order valence-corrected chi connectivity index (χ0v) is 41.0. The summed E-state index contributed by atoms with van der Waals surface area (Å²) in [4.78, 5) is 125. The van der Waals surface area contributed by atoms with Crippen molar-refractivity contribution in [1.29, 1.82) is 0 Å². The van der Waals surface area contributed by atoms with E-state index >= 15 is 4.39 Å². The third-order valence-corrected chi connectivity index (χ3v) is 12.9. The summed E-state index contributed by atoms with van der Waals surface area (Å²) in [6.07, 6.45) is -0.410. The summed E-state index contributed by atoms with van der Waals surface area (Å²) in [5.74, 6) is -6.60. The number of nitrogens with zero attached hydrogens (tertiary/aromatic N) is 4. The minimum atomic E-state index is -2.10. The van der Waals surface area contributed by atoms with E-state index in [1.807, 2.05) is 0 Å². The molecule has 22 nitrogen and oxygen atoms in total. The first-order valence-electron chi connectivity index (χ1n) is 23.7. The van der Waals surface area contributed by atoms with E-state index in [1.165, 1.54) is 21.6 Å². The molecule has 2 aliphatic heterocycles. The largest absolute Gasteiger partial charge is 0.480 e. The van der Waals surface area contributed by atoms with Crippen molar-refractivity contribution < 1.29 is 62.4 Å². The first kappa shape index (κ1) is 53.0. The van der Waals surface area contributed by atoms with E-state index in [9.17, 15) is 53.4 Å². The fraction of sp³-hybridized carbons (Fsp3) is 0.440. The number of nitrogens with one attached hydrogen (secondary N) is 4. The van der Waals surface area contributed by atoms with Crippen LogP contribution in [0, 0.1) is 12.7 Å². The molecule has 388 valence electrons. The summed E-state index contributed by atoms with van der Waals surface area (Å²) in [7, 11) is 0. The predicted molar refractivity (Wildman–Crippen MR) is 258 cm³/mol. The molecule has 3 atom stereocenters. The number of carboxylic acid groups (broad SMARTS) is 1. The molecular formula is C50H58FN9O13. The second kappa shape index (κ2) is 21.5. The Balaban J connectivity index is 1.10. The molecule has 2 aromatic carbocycles. The Labute approximate surface area is 417 Å². The summed E-state index contributed by atoms with van der Waals surface area (Å²) in [5.41, 5.74) is 5.95. The van der Waals surface area contributed by atoms with Gasteiger partial charge in [-0.1, -0.05) is 37.3 Å². The van der Waals surface area contributed by atoms with Crippen molar-refractivity contribution in [3.63, 3.8) is 0 Å². The number of halogens is 1. The van der Waals surface area contributed by atoms with Crippen molar-refractivity contribution in [3.8, 4) is 11.4 Å². The quantitative estimate of drug-likeness (QED) is 0.0560. The monoisotopic (exact) mass is 1010 g/mol. The highest BCUT2D eigenvalue weighted by molar-refractivity contribution is 5.95. The van der Waals surface area contributed by atoms with Crippen molar-refractivity contribution in [2.45, 2.75) is 96.7 Å². The van der Waals surface area contributed by atoms with E-state index in [4.69, 9.17) is 20.2 Å². The van der Waals surface area contributed by atoms with Gasteiger partial charge in [0.15, 0.2) is 5.60 Å². The number of nitrogens with two attached hydrogens (primary N) is 1. The van der Waals surface area contributed by atoms with Crippen molar-refractivity contribution in [3.05, 3.63) is 97.6 Å². The molecule has 0 radical (unpaired) electrons. The number of primary amides is 1. The van der Waals surface area contributed by atoms with Gasteiger partial charge in [0.2, 0.25) is 29.5 Å². The molecule has 0 saturated heterocycles. The smallest absolute Gasteiger partial charge is 0.408 e. The molecule has 7 rings (SSSR count). The summed E-state index contributed by atoms with van der Waals surface area (Å²) in [6.45, 7) is 4.21. The Morgan fingerprint density at radius 1 is 0.973 bits per heavy atom. The molecule has 0 unspecified atom stereocenters. The number of cyclic esters (lactones) is 1. The van der Waals surface area contributed by atoms with Crippen molar-refractivity contribution >= 4 is 58.5 Å². The molecule has 0 bridgehead atoms. The summed E-state index contributed by atoms with van der Waals surface area (Å²) < 4.78 is 27.3. The number of pyridine rings is 2. The fourth-order valence-electron chi connectivity index (χ4n) is 9.49. The van der Waals surface area contributed by atoms with Gasteiger partial charge in [0, 0.05) is 42.1 Å². The number of fused-ring (bicyclic) bond motifs is 5. The normalized spacial score (nSPS) is 16.8. The van der Waals surface area contributed by atoms with Gasteiger partial charge in [-0.3, -0.25) is 38.5 Å². The number of carbonyl (C=O) groups excluding carboxylic acids is 7. The van der Waals surface area contributed by atoms with Crippen LogP contribution in [0.15, 0.2) is 47.3 Å². The molecule has 2 aromatic heterocycles. The highest BCUT2D eigenvalue weighted by Gasteiger charge is 2.46. The summed E-state index contributed by atoms with van der Waals surface area (Å²) in [5, 5.41) is 32.2. The van der Waals surface area contributed by atoms with E-state index in [-0.39, 0.29) is 67.8 Å². The molecule has 0 fully saturated rings. The van der Waals surface area contributed by atoms with Gasteiger partial charge in [0.1, 0.15) is 30.6 Å². The number of carboxylic acids is 1. The van der Waals surface area contributed by atoms with Crippen molar-refractivity contribution in [2.75, 3.05) is 45.8 Å². The van der Waals surface area contributed by atoms with Crippen LogP contribution in [-0.2, 0) is 74.6 Å². The first-order chi connectivity index (χ1) is 34.5. The zero-order chi connectivity index (χ0) is 53.1. The van der Waals surface area contributed by atoms with E-state index in [0.29, 0.717) is 45.3 Å². The van der Waals surface area contributed by atoms with E-state index < -0.39 is 115 Å². The lowest BCUT2D eigenvalue weighted by Crippen LogP contribution is -2.55. The Hall–Kier alpha value is -7.79. The number of rotatable bonds is 19. The standard InChI is InChI=1S/C50H58FN9O13/c1-6-50(71)31-17-36-44-29(21-60(36)45(67)30(31)25-72-47(50)69)43-33(13-12-28-26(2)32(51)18-34(57-44)42(28)43)55-40(64)23-58(24-41(65)66)14-15-59(22-37(52)61)46(68)35(16-27-10-8-7-9-11-27)56-39(63)20-53-38(62)19-54-48(70)73-49(3,4)5/h7-11,17-18,33,35,71H,6,12-16,19-25H2,1-5H3,(H2,52,61)(H,53,62)(H,54,70)(H,55,64)(H,56,63)(H,65,66)/t33-,35-,50-/m0/s1. The number of amides is 6. The number of benzene rings is 2. The fourth-order valence-corrected chi connectivity index (χ4v) is 9.49. The van der Waals surface area contributed by atoms with Gasteiger partial charge >= 0.3 is 18.0 Å². The Bertz CT molecular complexity index is 2980. The lowest BCUT2D eigenvalue weighted by Gasteiger charge is -2.31. The number of alkyl carbamates (subject to hydrolysis) is 1. The number of aromatic nitrogens is 2. The van der Waals surface area contributed by atoms with Crippen LogP contribution in [0.5, 0.6) is 0 Å². The number of hydrogen-bond acceptors (Lipinski definition) is 14. The van der Waals surface area contributed by atoms with Crippen LogP contribution in [0.25, 0.3) is 22.3 Å². The van der Waals surface area contributed by atoms with Gasteiger partial charge < -0.3 is 56.2 Å². The molecule has 8 N–H and O–H groups in total. The molecule has 0 saturated carbocycles. The molecule has 1 aliphatic carbocycles. The third kappa shape index (κ3) is 11.8. The highest BCUT2D eigenvalue weighted by atomic mass is 19.1. The Kier molecular flexibility index (Phi) is 15.6. The van der Waals surface area contributed by atoms with Crippen LogP contribution in [0.1, 0.15) is 85.5 Å². The lowest BCUT2D eigenvalue weighted by atomic mass is 9.81. The van der Waals surface area contributed by atoms with Gasteiger partial charge in [-0.15, -0.1) is 0 Å². The van der Waals surface area contributed by atoms with E-state index in [1.54, 1.807) is 65.0 Å². The maximum Gasteiger partial charge on any atom is 0.408 e. The molecule has 3 aliphatic rings. The van der Waals surface area contributed by atoms with Crippen LogP contribution in [0.2, 0.25) is 0 Å². The van der Waals surface area contributed by atoms with Crippen LogP contribution in [0.3, 0.4) is 0 Å². The Morgan fingerprint density at radius 2 is 1.68 bits per heavy atom. The zero-order valence-electron chi connectivity index (χ0n) is 41.0. The molecule has 0 spiro atoms. The average Bonchev–Trinajstić information content (AvgIpc) is 3.69. The van der Waals surface area contributed by atoms with Crippen molar-refractivity contribution in [1.82, 2.24) is 40.6 Å². The number of aliphatic carboxylic acids is 1. The van der Waals surface area contributed by atoms with Crippen molar-refractivity contribution in [2.24, 2.45) is 5.73 Å². The highest BCUT2D eigenvalue weighted by Crippen LogP contribution is 2.46. The van der Waals surface area contributed by atoms with Gasteiger partial charge in [-0.2, -0.15) is 0 Å². The SMILES string of the molecule is CC[C@@]1(O)C(=O)OCc2c1cc1n(c2=O)Cc2c-1nc1cc(F)c(C)c3c1c2[C@@H](NC(=O)CN(CCN(CC(N)=O)C(=O)[C@H](Cc1ccccc1)NC(=O)CNC(=O)CNC(=O)OC(C)(C)C)CC(=O)O)CC3. The summed E-state index contributed by atoms with van der Waals surface area (Å²) >= 11 is 0. The molecule has 4 aromatic rings. The maximum atomic E-state index is 15.5. The van der Waals surface area contributed by atoms with Crippen LogP contribution >= 0.6 is 0 Å². The topological polar surface area (TPSA) is 311 Å². The number of aryl methyl sites for hydroxylation is 1. The average molecular weight is 1010 g/mol.